The van der Waals surface area contributed by atoms with Crippen molar-refractivity contribution in [3.63, 3.8) is 0 Å². The molecular weight excluding hydrogens is 431 g/mol. The smallest absolute Gasteiger partial charge is 0.282 e. The van der Waals surface area contributed by atoms with Crippen LogP contribution in [-0.2, 0) is 9.59 Å². The second-order valence-corrected chi connectivity index (χ2v) is 7.58. The van der Waals surface area contributed by atoms with Crippen molar-refractivity contribution in [2.24, 2.45) is 0 Å². The van der Waals surface area contributed by atoms with Crippen LogP contribution in [0.3, 0.4) is 0 Å². The van der Waals surface area contributed by atoms with Gasteiger partial charge in [-0.25, -0.2) is 9.29 Å². The highest BCUT2D eigenvalue weighted by molar-refractivity contribution is 6.46. The number of ether oxygens (including phenoxy) is 1. The molecule has 0 atom stereocenters. The number of benzene rings is 3. The molecule has 4 rings (SSSR count). The molecule has 0 aromatic heterocycles. The lowest BCUT2D eigenvalue weighted by Crippen LogP contribution is -2.32. The van der Waals surface area contributed by atoms with Gasteiger partial charge in [0.1, 0.15) is 17.3 Å². The van der Waals surface area contributed by atoms with Gasteiger partial charge in [0.25, 0.3) is 11.8 Å². The zero-order chi connectivity index (χ0) is 22.8. The Hall–Kier alpha value is -3.64. The van der Waals surface area contributed by atoms with Gasteiger partial charge in [-0.1, -0.05) is 35.9 Å². The van der Waals surface area contributed by atoms with E-state index in [-0.39, 0.29) is 17.0 Å². The van der Waals surface area contributed by atoms with Crippen molar-refractivity contribution in [2.45, 2.75) is 13.8 Å². The van der Waals surface area contributed by atoms with Crippen molar-refractivity contribution in [1.82, 2.24) is 0 Å². The lowest BCUT2D eigenvalue weighted by Gasteiger charge is -2.16. The quantitative estimate of drug-likeness (QED) is 0.498. The summed E-state index contributed by atoms with van der Waals surface area (Å²) < 4.78 is 19.3. The highest BCUT2D eigenvalue weighted by Gasteiger charge is 2.40. The average Bonchev–Trinajstić information content (AvgIpc) is 3.01. The van der Waals surface area contributed by atoms with Gasteiger partial charge >= 0.3 is 0 Å². The van der Waals surface area contributed by atoms with Crippen LogP contribution in [0.15, 0.2) is 72.4 Å². The van der Waals surface area contributed by atoms with Crippen molar-refractivity contribution in [3.8, 4) is 5.75 Å². The number of hydrogen-bond acceptors (Lipinski definition) is 4. The maximum Gasteiger partial charge on any atom is 0.282 e. The number of anilines is 2. The van der Waals surface area contributed by atoms with E-state index in [4.69, 9.17) is 16.3 Å². The van der Waals surface area contributed by atoms with Gasteiger partial charge < -0.3 is 10.1 Å². The minimum Gasteiger partial charge on any atom is -0.494 e. The Labute approximate surface area is 190 Å². The van der Waals surface area contributed by atoms with Crippen molar-refractivity contribution >= 4 is 40.4 Å². The molecule has 3 aromatic rings. The summed E-state index contributed by atoms with van der Waals surface area (Å²) in [6.07, 6.45) is 0. The third-order valence-electron chi connectivity index (χ3n) is 5.13. The molecule has 2 amide bonds. The molecular formula is C25H20ClFN2O3. The van der Waals surface area contributed by atoms with E-state index in [9.17, 15) is 14.0 Å². The van der Waals surface area contributed by atoms with E-state index in [0.717, 1.165) is 16.5 Å². The normalized spacial score (nSPS) is 13.7. The van der Waals surface area contributed by atoms with Gasteiger partial charge in [-0.05, 0) is 67.4 Å². The van der Waals surface area contributed by atoms with Crippen LogP contribution in [0.1, 0.15) is 18.1 Å². The molecule has 0 aliphatic carbocycles. The summed E-state index contributed by atoms with van der Waals surface area (Å²) in [6.45, 7) is 4.20. The van der Waals surface area contributed by atoms with Crippen molar-refractivity contribution in [1.29, 1.82) is 0 Å². The number of amides is 2. The third kappa shape index (κ3) is 3.97. The summed E-state index contributed by atoms with van der Waals surface area (Å²) in [7, 11) is 0. The van der Waals surface area contributed by atoms with Crippen LogP contribution in [-0.4, -0.2) is 18.4 Å². The number of nitrogens with zero attached hydrogens (tertiary/aromatic N) is 1. The predicted molar refractivity (Wildman–Crippen MR) is 123 cm³/mol. The minimum atomic E-state index is -0.580. The molecule has 1 aliphatic heterocycles. The van der Waals surface area contributed by atoms with E-state index in [1.807, 2.05) is 13.8 Å². The second kappa shape index (κ2) is 8.85. The van der Waals surface area contributed by atoms with Crippen LogP contribution < -0.4 is 15.0 Å². The number of nitrogens with one attached hydrogen (secondary N) is 1. The van der Waals surface area contributed by atoms with Gasteiger partial charge in [0.2, 0.25) is 0 Å². The fourth-order valence-electron chi connectivity index (χ4n) is 3.53. The maximum absolute atomic E-state index is 13.8. The lowest BCUT2D eigenvalue weighted by atomic mass is 10.0. The first kappa shape index (κ1) is 21.6. The molecule has 0 saturated heterocycles. The molecule has 1 aliphatic rings. The molecule has 0 bridgehead atoms. The van der Waals surface area contributed by atoms with E-state index < -0.39 is 17.6 Å². The fourth-order valence-corrected chi connectivity index (χ4v) is 3.70. The molecule has 7 heteroatoms. The standard InChI is InChI=1S/C25H20ClFN2O3/c1-3-32-19-12-10-16(11-13-19)22-23(28-21-9-5-8-20(26)15(21)2)25(31)29(24(22)30)18-7-4-6-17(27)14-18/h4-14,28H,3H2,1-2H3. The summed E-state index contributed by atoms with van der Waals surface area (Å²) in [5.41, 5.74) is 2.29. The first-order chi connectivity index (χ1) is 15.4. The van der Waals surface area contributed by atoms with Crippen LogP contribution in [0.5, 0.6) is 5.75 Å². The van der Waals surface area contributed by atoms with Gasteiger partial charge in [0.05, 0.1) is 17.9 Å². The molecule has 32 heavy (non-hydrogen) atoms. The highest BCUT2D eigenvalue weighted by Crippen LogP contribution is 2.35. The number of halogens is 2. The highest BCUT2D eigenvalue weighted by atomic mass is 35.5. The van der Waals surface area contributed by atoms with Gasteiger partial charge in [-0.2, -0.15) is 0 Å². The second-order valence-electron chi connectivity index (χ2n) is 7.17. The Balaban J connectivity index is 1.82. The SMILES string of the molecule is CCOc1ccc(C2=C(Nc3cccc(Cl)c3C)C(=O)N(c3cccc(F)c3)C2=O)cc1. The molecule has 0 saturated carbocycles. The monoisotopic (exact) mass is 450 g/mol. The molecule has 0 unspecified atom stereocenters. The van der Waals surface area contributed by atoms with Gasteiger partial charge in [-0.15, -0.1) is 0 Å². The zero-order valence-corrected chi connectivity index (χ0v) is 18.2. The molecule has 3 aromatic carbocycles. The van der Waals surface area contributed by atoms with Gasteiger partial charge in [0, 0.05) is 10.7 Å². The topological polar surface area (TPSA) is 58.6 Å². The molecule has 5 nitrogen and oxygen atoms in total. The van der Waals surface area contributed by atoms with Crippen molar-refractivity contribution < 1.29 is 18.7 Å². The lowest BCUT2D eigenvalue weighted by molar-refractivity contribution is -0.120. The summed E-state index contributed by atoms with van der Waals surface area (Å²) in [6, 6.07) is 17.5. The van der Waals surface area contributed by atoms with Crippen molar-refractivity contribution in [3.05, 3.63) is 94.4 Å². The number of imide groups is 1. The minimum absolute atomic E-state index is 0.0915. The number of carbonyl (C=O) groups is 2. The molecule has 162 valence electrons. The van der Waals surface area contributed by atoms with Crippen LogP contribution in [0.25, 0.3) is 5.57 Å². The van der Waals surface area contributed by atoms with E-state index in [2.05, 4.69) is 5.32 Å². The van der Waals surface area contributed by atoms with Crippen LogP contribution >= 0.6 is 11.6 Å². The van der Waals surface area contributed by atoms with Crippen LogP contribution in [0.4, 0.5) is 15.8 Å². The fraction of sp³-hybridized carbons (Fsp3) is 0.120. The first-order valence-corrected chi connectivity index (χ1v) is 10.4. The molecule has 0 radical (unpaired) electrons. The van der Waals surface area contributed by atoms with E-state index in [1.54, 1.807) is 42.5 Å². The van der Waals surface area contributed by atoms with E-state index >= 15 is 0 Å². The Morgan fingerprint density at radius 1 is 1.00 bits per heavy atom. The summed E-state index contributed by atoms with van der Waals surface area (Å²) in [5.74, 6) is -1.02. The molecule has 1 heterocycles. The predicted octanol–water partition coefficient (Wildman–Crippen LogP) is 5.58. The van der Waals surface area contributed by atoms with E-state index in [1.165, 1.54) is 18.2 Å². The third-order valence-corrected chi connectivity index (χ3v) is 5.54. The Morgan fingerprint density at radius 3 is 2.41 bits per heavy atom. The maximum atomic E-state index is 13.8. The molecule has 0 fully saturated rings. The zero-order valence-electron chi connectivity index (χ0n) is 17.5. The summed E-state index contributed by atoms with van der Waals surface area (Å²) >= 11 is 6.23. The number of hydrogen-bond donors (Lipinski definition) is 1. The number of carbonyl (C=O) groups excluding carboxylic acids is 2. The van der Waals surface area contributed by atoms with E-state index in [0.29, 0.717) is 28.6 Å². The summed E-state index contributed by atoms with van der Waals surface area (Å²) in [4.78, 5) is 27.8. The van der Waals surface area contributed by atoms with Gasteiger partial charge in [-0.3, -0.25) is 9.59 Å². The first-order valence-electron chi connectivity index (χ1n) is 10.0. The largest absolute Gasteiger partial charge is 0.494 e. The Kier molecular flexibility index (Phi) is 5.97. The average molecular weight is 451 g/mol. The van der Waals surface area contributed by atoms with Crippen LogP contribution in [0.2, 0.25) is 5.02 Å². The molecule has 1 N–H and O–H groups in total. The number of rotatable bonds is 6. The Bertz CT molecular complexity index is 1240. The molecule has 0 spiro atoms. The van der Waals surface area contributed by atoms with Crippen molar-refractivity contribution in [2.75, 3.05) is 16.8 Å². The van der Waals surface area contributed by atoms with Crippen LogP contribution in [0, 0.1) is 12.7 Å². The summed E-state index contributed by atoms with van der Waals surface area (Å²) in [5, 5.41) is 3.62. The van der Waals surface area contributed by atoms with Gasteiger partial charge in [0.15, 0.2) is 0 Å². The Morgan fingerprint density at radius 2 is 1.72 bits per heavy atom.